The van der Waals surface area contributed by atoms with Gasteiger partial charge in [-0.2, -0.15) is 5.10 Å². The molecule has 1 amide bonds. The van der Waals surface area contributed by atoms with Gasteiger partial charge < -0.3 is 15.5 Å². The summed E-state index contributed by atoms with van der Waals surface area (Å²) in [4.78, 5) is 18.8. The molecule has 0 bridgehead atoms. The van der Waals surface area contributed by atoms with Crippen LogP contribution in [0, 0.1) is 0 Å². The fourth-order valence-corrected chi connectivity index (χ4v) is 3.11. The molecule has 1 aromatic carbocycles. The van der Waals surface area contributed by atoms with Crippen LogP contribution in [0.3, 0.4) is 0 Å². The van der Waals surface area contributed by atoms with Crippen molar-refractivity contribution < 1.29 is 4.79 Å². The van der Waals surface area contributed by atoms with Gasteiger partial charge in [0.25, 0.3) is 0 Å². The van der Waals surface area contributed by atoms with Gasteiger partial charge >= 0.3 is 0 Å². The van der Waals surface area contributed by atoms with E-state index in [1.165, 1.54) is 5.56 Å². The molecule has 2 N–H and O–H groups in total. The summed E-state index contributed by atoms with van der Waals surface area (Å²) < 4.78 is 1.86. The van der Waals surface area contributed by atoms with Gasteiger partial charge in [0.2, 0.25) is 5.91 Å². The molecule has 0 unspecified atom stereocenters. The Morgan fingerprint density at radius 2 is 1.93 bits per heavy atom. The van der Waals surface area contributed by atoms with Crippen LogP contribution < -0.4 is 10.6 Å². The van der Waals surface area contributed by atoms with Gasteiger partial charge in [0.15, 0.2) is 5.96 Å². The van der Waals surface area contributed by atoms with Crippen molar-refractivity contribution in [1.82, 2.24) is 25.3 Å². The molecule has 2 aromatic rings. The normalized spacial score (nSPS) is 11.2. The zero-order valence-corrected chi connectivity index (χ0v) is 21.0. The minimum atomic E-state index is 0. The number of carbonyl (C=O) groups is 1. The second-order valence-corrected chi connectivity index (χ2v) is 7.47. The average molecular weight is 526 g/mol. The van der Waals surface area contributed by atoms with E-state index >= 15 is 0 Å². The Kier molecular flexibility index (Phi) is 11.5. The van der Waals surface area contributed by atoms with Crippen LogP contribution in [0.5, 0.6) is 0 Å². The molecule has 30 heavy (non-hydrogen) atoms. The summed E-state index contributed by atoms with van der Waals surface area (Å²) in [5.41, 5.74) is 3.39. The number of aromatic nitrogens is 2. The minimum absolute atomic E-state index is 0. The van der Waals surface area contributed by atoms with Crippen LogP contribution in [-0.4, -0.2) is 46.7 Å². The van der Waals surface area contributed by atoms with E-state index in [0.717, 1.165) is 23.8 Å². The quantitative estimate of drug-likeness (QED) is 0.299. The van der Waals surface area contributed by atoms with E-state index in [1.807, 2.05) is 56.0 Å². The molecule has 0 saturated carbocycles. The summed E-state index contributed by atoms with van der Waals surface area (Å²) in [5, 5.41) is 10.8. The molecule has 0 spiro atoms. The first-order valence-electron chi connectivity index (χ1n) is 10.2. The lowest BCUT2D eigenvalue weighted by atomic mass is 10.1. The van der Waals surface area contributed by atoms with Gasteiger partial charge in [0, 0.05) is 51.9 Å². The molecule has 1 heterocycles. The Hall–Kier alpha value is -2.10. The summed E-state index contributed by atoms with van der Waals surface area (Å²) >= 11 is 0. The number of nitrogens with one attached hydrogen (secondary N) is 2. The second-order valence-electron chi connectivity index (χ2n) is 7.47. The van der Waals surface area contributed by atoms with Crippen molar-refractivity contribution in [3.05, 3.63) is 53.3 Å². The number of aliphatic imine (C=N–C) groups is 1. The maximum atomic E-state index is 12.1. The first-order chi connectivity index (χ1) is 13.9. The predicted molar refractivity (Wildman–Crippen MR) is 133 cm³/mol. The van der Waals surface area contributed by atoms with Crippen LogP contribution in [0.1, 0.15) is 49.9 Å². The molecular weight excluding hydrogens is 491 g/mol. The maximum Gasteiger partial charge on any atom is 0.222 e. The lowest BCUT2D eigenvalue weighted by molar-refractivity contribution is -0.121. The van der Waals surface area contributed by atoms with Gasteiger partial charge in [-0.05, 0) is 18.4 Å². The van der Waals surface area contributed by atoms with Crippen LogP contribution in [-0.2, 0) is 24.9 Å². The van der Waals surface area contributed by atoms with Gasteiger partial charge in [-0.25, -0.2) is 0 Å². The number of aryl methyl sites for hydroxylation is 1. The van der Waals surface area contributed by atoms with Crippen LogP contribution in [0.25, 0.3) is 0 Å². The number of nitrogens with zero attached hydrogens (tertiary/aromatic N) is 4. The molecule has 0 aliphatic carbocycles. The second kappa shape index (κ2) is 13.3. The van der Waals surface area contributed by atoms with Crippen molar-refractivity contribution >= 4 is 35.8 Å². The van der Waals surface area contributed by atoms with Crippen molar-refractivity contribution in [2.75, 3.05) is 20.1 Å². The predicted octanol–water partition coefficient (Wildman–Crippen LogP) is 3.27. The number of benzene rings is 1. The lowest BCUT2D eigenvalue weighted by Crippen LogP contribution is -2.39. The van der Waals surface area contributed by atoms with Crippen molar-refractivity contribution in [2.24, 2.45) is 12.0 Å². The highest BCUT2D eigenvalue weighted by Crippen LogP contribution is 2.18. The SMILES string of the molecule is CCNC(=NCCC(=O)NCc1ccccc1)N(C)Cc1cn(C)nc1C(C)C.I. The fourth-order valence-electron chi connectivity index (χ4n) is 3.11. The molecule has 0 atom stereocenters. The van der Waals surface area contributed by atoms with Gasteiger partial charge in [0.1, 0.15) is 0 Å². The maximum absolute atomic E-state index is 12.1. The number of hydrogen-bond donors (Lipinski definition) is 2. The number of guanidine groups is 1. The van der Waals surface area contributed by atoms with Gasteiger partial charge in [-0.3, -0.25) is 14.5 Å². The Balaban J connectivity index is 0.00000450. The summed E-state index contributed by atoms with van der Waals surface area (Å²) in [6.45, 7) is 8.82. The van der Waals surface area contributed by atoms with E-state index < -0.39 is 0 Å². The van der Waals surface area contributed by atoms with Crippen molar-refractivity contribution in [3.63, 3.8) is 0 Å². The first kappa shape index (κ1) is 25.9. The molecular formula is C22H35IN6O. The fraction of sp³-hybridized carbons (Fsp3) is 0.500. The van der Waals surface area contributed by atoms with Crippen LogP contribution >= 0.6 is 24.0 Å². The lowest BCUT2D eigenvalue weighted by Gasteiger charge is -2.22. The van der Waals surface area contributed by atoms with Gasteiger partial charge in [-0.15, -0.1) is 24.0 Å². The standard InChI is InChI=1S/C22H34N6O.HI/c1-6-23-22(27(4)15-19-16-28(5)26-21(19)17(2)3)24-13-12-20(29)25-14-18-10-8-7-9-11-18;/h7-11,16-17H,6,12-15H2,1-5H3,(H,23,24)(H,25,29);1H. The topological polar surface area (TPSA) is 74.6 Å². The number of rotatable bonds is 9. The summed E-state index contributed by atoms with van der Waals surface area (Å²) in [7, 11) is 3.96. The molecule has 0 aliphatic heterocycles. The monoisotopic (exact) mass is 526 g/mol. The Bertz CT molecular complexity index is 803. The third kappa shape index (κ3) is 8.33. The highest BCUT2D eigenvalue weighted by Gasteiger charge is 2.15. The average Bonchev–Trinajstić information content (AvgIpc) is 3.07. The number of halogens is 1. The first-order valence-corrected chi connectivity index (χ1v) is 10.2. The van der Waals surface area contributed by atoms with Crippen molar-refractivity contribution in [3.8, 4) is 0 Å². The third-order valence-electron chi connectivity index (χ3n) is 4.52. The van der Waals surface area contributed by atoms with Gasteiger partial charge in [0.05, 0.1) is 12.2 Å². The molecule has 2 rings (SSSR count). The van der Waals surface area contributed by atoms with E-state index in [1.54, 1.807) is 0 Å². The smallest absolute Gasteiger partial charge is 0.222 e. The van der Waals surface area contributed by atoms with E-state index in [0.29, 0.717) is 32.0 Å². The molecule has 0 radical (unpaired) electrons. The zero-order chi connectivity index (χ0) is 21.2. The van der Waals surface area contributed by atoms with Crippen LogP contribution in [0.15, 0.2) is 41.5 Å². The number of amides is 1. The minimum Gasteiger partial charge on any atom is -0.357 e. The Morgan fingerprint density at radius 3 is 2.57 bits per heavy atom. The number of hydrogen-bond acceptors (Lipinski definition) is 3. The van der Waals surface area contributed by atoms with Gasteiger partial charge in [-0.1, -0.05) is 44.2 Å². The molecule has 0 saturated heterocycles. The zero-order valence-electron chi connectivity index (χ0n) is 18.7. The van der Waals surface area contributed by atoms with Crippen molar-refractivity contribution in [2.45, 2.75) is 46.2 Å². The van der Waals surface area contributed by atoms with E-state index in [-0.39, 0.29) is 29.9 Å². The largest absolute Gasteiger partial charge is 0.357 e. The molecule has 8 heteroatoms. The summed E-state index contributed by atoms with van der Waals surface area (Å²) in [6.07, 6.45) is 2.42. The highest BCUT2D eigenvalue weighted by atomic mass is 127. The van der Waals surface area contributed by atoms with E-state index in [2.05, 4.69) is 45.7 Å². The Morgan fingerprint density at radius 1 is 1.23 bits per heavy atom. The van der Waals surface area contributed by atoms with Crippen LogP contribution in [0.2, 0.25) is 0 Å². The summed E-state index contributed by atoms with van der Waals surface area (Å²) in [6, 6.07) is 9.91. The molecule has 0 fully saturated rings. The van der Waals surface area contributed by atoms with E-state index in [4.69, 9.17) is 0 Å². The van der Waals surface area contributed by atoms with E-state index in [9.17, 15) is 4.79 Å². The van der Waals surface area contributed by atoms with Crippen molar-refractivity contribution in [1.29, 1.82) is 0 Å². The Labute approximate surface area is 197 Å². The molecule has 166 valence electrons. The molecule has 1 aromatic heterocycles. The number of carbonyl (C=O) groups excluding carboxylic acids is 1. The summed E-state index contributed by atoms with van der Waals surface area (Å²) in [5.74, 6) is 1.17. The third-order valence-corrected chi connectivity index (χ3v) is 4.52. The van der Waals surface area contributed by atoms with Crippen LogP contribution in [0.4, 0.5) is 0 Å². The molecule has 7 nitrogen and oxygen atoms in total. The molecule has 0 aliphatic rings. The highest BCUT2D eigenvalue weighted by molar-refractivity contribution is 14.0.